The van der Waals surface area contributed by atoms with Crippen molar-refractivity contribution in [3.8, 4) is 0 Å². The smallest absolute Gasteiger partial charge is 0.408 e. The van der Waals surface area contributed by atoms with E-state index in [0.717, 1.165) is 51.3 Å². The van der Waals surface area contributed by atoms with Gasteiger partial charge in [0.25, 0.3) is 5.91 Å². The van der Waals surface area contributed by atoms with E-state index < -0.39 is 5.76 Å². The first-order valence-electron chi connectivity index (χ1n) is 12.6. The van der Waals surface area contributed by atoms with E-state index in [9.17, 15) is 9.59 Å². The molecule has 190 valence electrons. The number of aromatic nitrogens is 3. The molecule has 10 heteroatoms. The third kappa shape index (κ3) is 5.19. The Morgan fingerprint density at radius 1 is 1.03 bits per heavy atom. The van der Waals surface area contributed by atoms with Crippen LogP contribution in [0.4, 0.5) is 11.6 Å². The van der Waals surface area contributed by atoms with Crippen molar-refractivity contribution in [3.05, 3.63) is 82.1 Å². The van der Waals surface area contributed by atoms with Gasteiger partial charge in [0, 0.05) is 50.9 Å². The van der Waals surface area contributed by atoms with Crippen molar-refractivity contribution < 1.29 is 9.21 Å². The minimum atomic E-state index is -0.527. The van der Waals surface area contributed by atoms with E-state index in [2.05, 4.69) is 59.7 Å². The molecule has 4 aromatic rings. The molecule has 0 unspecified atom stereocenters. The Morgan fingerprint density at radius 2 is 1.76 bits per heavy atom. The summed E-state index contributed by atoms with van der Waals surface area (Å²) >= 11 is 0. The molecule has 6 rings (SSSR count). The molecule has 1 amide bonds. The molecule has 1 fully saturated rings. The van der Waals surface area contributed by atoms with Gasteiger partial charge in [0.1, 0.15) is 0 Å². The van der Waals surface area contributed by atoms with Crippen LogP contribution in [0.2, 0.25) is 0 Å². The minimum absolute atomic E-state index is 0.184. The first-order chi connectivity index (χ1) is 18.1. The van der Waals surface area contributed by atoms with Gasteiger partial charge in [0.2, 0.25) is 5.95 Å². The van der Waals surface area contributed by atoms with E-state index in [-0.39, 0.29) is 5.91 Å². The van der Waals surface area contributed by atoms with E-state index in [1.807, 2.05) is 12.4 Å². The lowest BCUT2D eigenvalue weighted by Gasteiger charge is -2.35. The SMILES string of the molecule is O=C(NCCN1CCN(c2cnc(NC3Cc4ccccc4C3)nc2)CC1)c1ccc2[nH]c(=O)oc2c1. The lowest BCUT2D eigenvalue weighted by atomic mass is 10.1. The van der Waals surface area contributed by atoms with Crippen LogP contribution in [0, 0.1) is 0 Å². The quantitative estimate of drug-likeness (QED) is 0.354. The zero-order valence-corrected chi connectivity index (χ0v) is 20.4. The molecule has 3 heterocycles. The van der Waals surface area contributed by atoms with Crippen molar-refractivity contribution in [1.29, 1.82) is 0 Å². The van der Waals surface area contributed by atoms with Crippen LogP contribution < -0.4 is 21.3 Å². The second-order valence-electron chi connectivity index (χ2n) is 9.59. The third-order valence-corrected chi connectivity index (χ3v) is 7.16. The molecule has 0 atom stereocenters. The van der Waals surface area contributed by atoms with Crippen LogP contribution in [0.1, 0.15) is 21.5 Å². The van der Waals surface area contributed by atoms with Crippen LogP contribution in [0.3, 0.4) is 0 Å². The fraction of sp³-hybridized carbons (Fsp3) is 0.333. The molecule has 1 aliphatic heterocycles. The number of benzene rings is 2. The number of rotatable bonds is 7. The van der Waals surface area contributed by atoms with Gasteiger partial charge in [-0.1, -0.05) is 24.3 Å². The van der Waals surface area contributed by atoms with Crippen LogP contribution in [-0.4, -0.2) is 71.1 Å². The van der Waals surface area contributed by atoms with Gasteiger partial charge in [-0.2, -0.15) is 0 Å². The fourth-order valence-electron chi connectivity index (χ4n) is 5.15. The Balaban J connectivity index is 0.940. The third-order valence-electron chi connectivity index (χ3n) is 7.16. The predicted octanol–water partition coefficient (Wildman–Crippen LogP) is 2.04. The summed E-state index contributed by atoms with van der Waals surface area (Å²) in [5, 5.41) is 6.43. The molecular formula is C27H29N7O3. The summed E-state index contributed by atoms with van der Waals surface area (Å²) in [6.07, 6.45) is 5.81. The van der Waals surface area contributed by atoms with Gasteiger partial charge in [-0.05, 0) is 42.2 Å². The zero-order valence-electron chi connectivity index (χ0n) is 20.4. The predicted molar refractivity (Wildman–Crippen MR) is 141 cm³/mol. The number of nitrogens with one attached hydrogen (secondary N) is 3. The fourth-order valence-corrected chi connectivity index (χ4v) is 5.15. The van der Waals surface area contributed by atoms with Crippen LogP contribution in [-0.2, 0) is 12.8 Å². The molecule has 1 saturated heterocycles. The first-order valence-corrected chi connectivity index (χ1v) is 12.6. The summed E-state index contributed by atoms with van der Waals surface area (Å²) in [6.45, 7) is 4.87. The number of H-pyrrole nitrogens is 1. The van der Waals surface area contributed by atoms with Gasteiger partial charge in [-0.15, -0.1) is 0 Å². The summed E-state index contributed by atoms with van der Waals surface area (Å²) in [4.78, 5) is 40.1. The largest absolute Gasteiger partial charge is 0.417 e. The Labute approximate surface area is 213 Å². The lowest BCUT2D eigenvalue weighted by molar-refractivity contribution is 0.0947. The molecule has 0 saturated carbocycles. The monoisotopic (exact) mass is 499 g/mol. The Morgan fingerprint density at radius 3 is 2.49 bits per heavy atom. The molecule has 2 aliphatic rings. The number of carbonyl (C=O) groups is 1. The maximum absolute atomic E-state index is 12.5. The van der Waals surface area contributed by atoms with E-state index in [4.69, 9.17) is 4.42 Å². The van der Waals surface area contributed by atoms with Crippen molar-refractivity contribution in [3.63, 3.8) is 0 Å². The number of hydrogen-bond acceptors (Lipinski definition) is 8. The first kappa shape index (κ1) is 23.2. The standard InChI is InChI=1S/C27H29N7O3/c35-25(20-5-6-23-24(15-20)37-27(36)32-23)28-7-8-33-9-11-34(12-10-33)22-16-29-26(30-17-22)31-21-13-18-3-1-2-4-19(18)14-21/h1-6,15-17,21H,7-14H2,(H,28,35)(H,32,36)(H,29,30,31). The van der Waals surface area contributed by atoms with Crippen molar-refractivity contribution >= 4 is 28.6 Å². The van der Waals surface area contributed by atoms with Crippen LogP contribution >= 0.6 is 0 Å². The van der Waals surface area contributed by atoms with Gasteiger partial charge in [0.15, 0.2) is 5.58 Å². The molecule has 0 radical (unpaired) electrons. The molecule has 2 aromatic heterocycles. The van der Waals surface area contributed by atoms with E-state index in [0.29, 0.717) is 35.2 Å². The van der Waals surface area contributed by atoms with Crippen LogP contribution in [0.5, 0.6) is 0 Å². The maximum Gasteiger partial charge on any atom is 0.417 e. The lowest BCUT2D eigenvalue weighted by Crippen LogP contribution is -2.48. The van der Waals surface area contributed by atoms with Gasteiger partial charge in [-0.3, -0.25) is 14.7 Å². The summed E-state index contributed by atoms with van der Waals surface area (Å²) in [7, 11) is 0. The second-order valence-corrected chi connectivity index (χ2v) is 9.59. The summed E-state index contributed by atoms with van der Waals surface area (Å²) < 4.78 is 5.04. The summed E-state index contributed by atoms with van der Waals surface area (Å²) in [5.41, 5.74) is 5.26. The Hall–Kier alpha value is -4.18. The zero-order chi connectivity index (χ0) is 25.2. The summed E-state index contributed by atoms with van der Waals surface area (Å²) in [6, 6.07) is 13.8. The average Bonchev–Trinajstić information content (AvgIpc) is 3.50. The molecule has 10 nitrogen and oxygen atoms in total. The normalized spacial score (nSPS) is 16.2. The molecule has 0 bridgehead atoms. The number of oxazole rings is 1. The Kier molecular flexibility index (Phi) is 6.32. The van der Waals surface area contributed by atoms with Gasteiger partial charge in [0.05, 0.1) is 23.6 Å². The number of nitrogens with zero attached hydrogens (tertiary/aromatic N) is 4. The number of fused-ring (bicyclic) bond motifs is 2. The number of aromatic amines is 1. The molecule has 3 N–H and O–H groups in total. The Bertz CT molecular complexity index is 1430. The van der Waals surface area contributed by atoms with Crippen molar-refractivity contribution in [2.75, 3.05) is 49.5 Å². The summed E-state index contributed by atoms with van der Waals surface area (Å²) in [5.74, 6) is -0.0354. The molecule has 1 aliphatic carbocycles. The topological polar surface area (TPSA) is 119 Å². The van der Waals surface area contributed by atoms with Crippen molar-refractivity contribution in [1.82, 2.24) is 25.2 Å². The molecule has 0 spiro atoms. The average molecular weight is 500 g/mol. The van der Waals surface area contributed by atoms with Crippen LogP contribution in [0.15, 0.2) is 64.1 Å². The van der Waals surface area contributed by atoms with Crippen LogP contribution in [0.25, 0.3) is 11.1 Å². The molecule has 37 heavy (non-hydrogen) atoms. The number of anilines is 2. The number of amides is 1. The van der Waals surface area contributed by atoms with E-state index in [1.54, 1.807) is 18.2 Å². The number of carbonyl (C=O) groups excluding carboxylic acids is 1. The van der Waals surface area contributed by atoms with Gasteiger partial charge in [-0.25, -0.2) is 14.8 Å². The highest BCUT2D eigenvalue weighted by molar-refractivity contribution is 5.96. The molecular weight excluding hydrogens is 470 g/mol. The van der Waals surface area contributed by atoms with Gasteiger partial charge >= 0.3 is 5.76 Å². The second kappa shape index (κ2) is 10.1. The highest BCUT2D eigenvalue weighted by Gasteiger charge is 2.22. The number of hydrogen-bond donors (Lipinski definition) is 3. The molecule has 2 aromatic carbocycles. The van der Waals surface area contributed by atoms with Crippen molar-refractivity contribution in [2.45, 2.75) is 18.9 Å². The van der Waals surface area contributed by atoms with Crippen molar-refractivity contribution in [2.24, 2.45) is 0 Å². The van der Waals surface area contributed by atoms with E-state index in [1.165, 1.54) is 11.1 Å². The minimum Gasteiger partial charge on any atom is -0.408 e. The highest BCUT2D eigenvalue weighted by atomic mass is 16.4. The maximum atomic E-state index is 12.5. The van der Waals surface area contributed by atoms with E-state index >= 15 is 0 Å². The highest BCUT2D eigenvalue weighted by Crippen LogP contribution is 2.24. The number of piperazine rings is 1. The van der Waals surface area contributed by atoms with Gasteiger partial charge < -0.3 is 20.0 Å².